The average Bonchev–Trinajstić information content (AvgIpc) is 2.68. The molecule has 15 heavy (non-hydrogen) atoms. The number of aryl methyl sites for hydroxylation is 1. The quantitative estimate of drug-likeness (QED) is 0.839. The van der Waals surface area contributed by atoms with Crippen LogP contribution in [0.5, 0.6) is 0 Å². The van der Waals surface area contributed by atoms with Crippen molar-refractivity contribution in [1.29, 1.82) is 0 Å². The molecule has 0 fully saturated rings. The van der Waals surface area contributed by atoms with Gasteiger partial charge in [-0.3, -0.25) is 4.68 Å². The Hall–Kier alpha value is -0.550. The smallest absolute Gasteiger partial charge is 0.169 e. The molecule has 0 aliphatic carbocycles. The molecule has 2 rings (SSSR count). The summed E-state index contributed by atoms with van der Waals surface area (Å²) in [5.74, 6) is 0.889. The maximum atomic E-state index is 5.43. The van der Waals surface area contributed by atoms with E-state index in [1.54, 1.807) is 0 Å². The molecule has 2 aromatic rings. The third kappa shape index (κ3) is 2.18. The van der Waals surface area contributed by atoms with Gasteiger partial charge >= 0.3 is 0 Å². The summed E-state index contributed by atoms with van der Waals surface area (Å²) in [6.07, 6.45) is 0. The molecule has 0 saturated carbocycles. The number of nitrogens with zero attached hydrogens (tertiary/aromatic N) is 2. The Bertz CT molecular complexity index is 488. The molecule has 0 bridgehead atoms. The van der Waals surface area contributed by atoms with Crippen LogP contribution in [-0.4, -0.2) is 9.78 Å². The number of furan rings is 1. The zero-order chi connectivity index (χ0) is 11.0. The zero-order valence-corrected chi connectivity index (χ0v) is 11.6. The Kier molecular flexibility index (Phi) is 3.02. The largest absolute Gasteiger partial charge is 0.452 e. The minimum Gasteiger partial charge on any atom is -0.452 e. The summed E-state index contributed by atoms with van der Waals surface area (Å²) in [6, 6.07) is 3.82. The van der Waals surface area contributed by atoms with Gasteiger partial charge in [0.1, 0.15) is 5.76 Å². The van der Waals surface area contributed by atoms with Gasteiger partial charge in [-0.2, -0.15) is 5.10 Å². The van der Waals surface area contributed by atoms with E-state index in [4.69, 9.17) is 4.42 Å². The molecule has 0 spiro atoms. The standard InChI is InChI=1S/C10H10Br2N2O/c1-6-10(12)7(2)14(13-6)5-8-3-4-9(11)15-8/h3-4H,5H2,1-2H3. The molecule has 0 N–H and O–H groups in total. The van der Waals surface area contributed by atoms with Crippen LogP contribution < -0.4 is 0 Å². The summed E-state index contributed by atoms with van der Waals surface area (Å²) >= 11 is 6.77. The van der Waals surface area contributed by atoms with Crippen molar-refractivity contribution < 1.29 is 4.42 Å². The van der Waals surface area contributed by atoms with Crippen LogP contribution in [0.3, 0.4) is 0 Å². The minimum atomic E-state index is 0.657. The van der Waals surface area contributed by atoms with E-state index >= 15 is 0 Å². The molecule has 0 saturated heterocycles. The van der Waals surface area contributed by atoms with Crippen LogP contribution in [-0.2, 0) is 6.54 Å². The molecular formula is C10H10Br2N2O. The summed E-state index contributed by atoms with van der Waals surface area (Å²) in [6.45, 7) is 4.66. The Morgan fingerprint density at radius 2 is 2.07 bits per heavy atom. The molecule has 0 aliphatic heterocycles. The fourth-order valence-electron chi connectivity index (χ4n) is 1.41. The van der Waals surface area contributed by atoms with Crippen molar-refractivity contribution in [1.82, 2.24) is 9.78 Å². The summed E-state index contributed by atoms with van der Waals surface area (Å²) < 4.78 is 9.16. The number of halogens is 2. The van der Waals surface area contributed by atoms with Crippen LogP contribution in [0, 0.1) is 13.8 Å². The first kappa shape index (κ1) is 11.0. The second-order valence-corrected chi connectivity index (χ2v) is 4.92. The molecule has 2 heterocycles. The van der Waals surface area contributed by atoms with Gasteiger partial charge in [0.25, 0.3) is 0 Å². The molecule has 3 nitrogen and oxygen atoms in total. The predicted octanol–water partition coefficient (Wildman–Crippen LogP) is 3.67. The van der Waals surface area contributed by atoms with E-state index in [0.29, 0.717) is 6.54 Å². The van der Waals surface area contributed by atoms with Gasteiger partial charge in [-0.15, -0.1) is 0 Å². The Morgan fingerprint density at radius 3 is 2.53 bits per heavy atom. The highest BCUT2D eigenvalue weighted by atomic mass is 79.9. The van der Waals surface area contributed by atoms with E-state index in [2.05, 4.69) is 37.0 Å². The van der Waals surface area contributed by atoms with Crippen molar-refractivity contribution in [2.45, 2.75) is 20.4 Å². The minimum absolute atomic E-state index is 0.657. The Labute approximate surface area is 105 Å². The van der Waals surface area contributed by atoms with Crippen LogP contribution >= 0.6 is 31.9 Å². The number of rotatable bonds is 2. The molecule has 80 valence electrons. The summed E-state index contributed by atoms with van der Waals surface area (Å²) in [5.41, 5.74) is 2.11. The first-order valence-electron chi connectivity index (χ1n) is 4.51. The van der Waals surface area contributed by atoms with Gasteiger partial charge in [0, 0.05) is 0 Å². The lowest BCUT2D eigenvalue weighted by molar-refractivity contribution is 0.459. The van der Waals surface area contributed by atoms with Crippen molar-refractivity contribution in [3.05, 3.63) is 38.4 Å². The highest BCUT2D eigenvalue weighted by Gasteiger charge is 2.10. The first-order chi connectivity index (χ1) is 7.08. The summed E-state index contributed by atoms with van der Waals surface area (Å²) in [5, 5.41) is 4.41. The lowest BCUT2D eigenvalue weighted by Crippen LogP contribution is -2.02. The van der Waals surface area contributed by atoms with Gasteiger partial charge < -0.3 is 4.42 Å². The van der Waals surface area contributed by atoms with Crippen LogP contribution in [0.15, 0.2) is 25.7 Å². The molecule has 0 radical (unpaired) electrons. The number of hydrogen-bond donors (Lipinski definition) is 0. The maximum Gasteiger partial charge on any atom is 0.169 e. The van der Waals surface area contributed by atoms with Crippen LogP contribution in [0.4, 0.5) is 0 Å². The lowest BCUT2D eigenvalue weighted by Gasteiger charge is -2.00. The van der Waals surface area contributed by atoms with E-state index in [0.717, 1.165) is 26.3 Å². The molecule has 0 unspecified atom stereocenters. The molecular weight excluding hydrogens is 324 g/mol. The van der Waals surface area contributed by atoms with Crippen molar-refractivity contribution in [2.75, 3.05) is 0 Å². The van der Waals surface area contributed by atoms with Gasteiger partial charge in [0.2, 0.25) is 0 Å². The maximum absolute atomic E-state index is 5.43. The van der Waals surface area contributed by atoms with Crippen molar-refractivity contribution >= 4 is 31.9 Å². The summed E-state index contributed by atoms with van der Waals surface area (Å²) in [4.78, 5) is 0. The van der Waals surface area contributed by atoms with E-state index in [-0.39, 0.29) is 0 Å². The van der Waals surface area contributed by atoms with E-state index in [9.17, 15) is 0 Å². The third-order valence-electron chi connectivity index (χ3n) is 2.23. The first-order valence-corrected chi connectivity index (χ1v) is 6.10. The second kappa shape index (κ2) is 4.14. The molecule has 2 aromatic heterocycles. The van der Waals surface area contributed by atoms with Crippen molar-refractivity contribution in [2.24, 2.45) is 0 Å². The van der Waals surface area contributed by atoms with E-state index < -0.39 is 0 Å². The SMILES string of the molecule is Cc1nn(Cc2ccc(Br)o2)c(C)c1Br. The monoisotopic (exact) mass is 332 g/mol. The topological polar surface area (TPSA) is 31.0 Å². The van der Waals surface area contributed by atoms with Gasteiger partial charge in [-0.1, -0.05) is 0 Å². The highest BCUT2D eigenvalue weighted by molar-refractivity contribution is 9.10. The fraction of sp³-hybridized carbons (Fsp3) is 0.300. The van der Waals surface area contributed by atoms with Gasteiger partial charge in [-0.05, 0) is 57.8 Å². The van der Waals surface area contributed by atoms with Gasteiger partial charge in [0.15, 0.2) is 4.67 Å². The van der Waals surface area contributed by atoms with Crippen molar-refractivity contribution in [3.63, 3.8) is 0 Å². The molecule has 0 aliphatic rings. The normalized spacial score (nSPS) is 10.9. The van der Waals surface area contributed by atoms with E-state index in [1.165, 1.54) is 0 Å². The third-order valence-corrected chi connectivity index (χ3v) is 3.80. The van der Waals surface area contributed by atoms with Gasteiger partial charge in [-0.25, -0.2) is 0 Å². The van der Waals surface area contributed by atoms with Gasteiger partial charge in [0.05, 0.1) is 22.4 Å². The Morgan fingerprint density at radius 1 is 1.33 bits per heavy atom. The molecule has 5 heteroatoms. The number of aromatic nitrogens is 2. The fourth-order valence-corrected chi connectivity index (χ4v) is 2.04. The van der Waals surface area contributed by atoms with Crippen LogP contribution in [0.25, 0.3) is 0 Å². The predicted molar refractivity (Wildman–Crippen MR) is 64.9 cm³/mol. The average molecular weight is 334 g/mol. The van der Waals surface area contributed by atoms with E-state index in [1.807, 2.05) is 30.7 Å². The molecule has 0 aromatic carbocycles. The van der Waals surface area contributed by atoms with Crippen LogP contribution in [0.2, 0.25) is 0 Å². The Balaban J connectivity index is 2.28. The van der Waals surface area contributed by atoms with Crippen molar-refractivity contribution in [3.8, 4) is 0 Å². The summed E-state index contributed by atoms with van der Waals surface area (Å²) in [7, 11) is 0. The number of hydrogen-bond acceptors (Lipinski definition) is 2. The zero-order valence-electron chi connectivity index (χ0n) is 8.42. The second-order valence-electron chi connectivity index (χ2n) is 3.35. The molecule has 0 atom stereocenters. The molecule has 0 amide bonds. The van der Waals surface area contributed by atoms with Crippen LogP contribution in [0.1, 0.15) is 17.1 Å². The lowest BCUT2D eigenvalue weighted by atomic mass is 10.4. The highest BCUT2D eigenvalue weighted by Crippen LogP contribution is 2.21.